The van der Waals surface area contributed by atoms with Crippen LogP contribution < -0.4 is 5.56 Å². The lowest BCUT2D eigenvalue weighted by Gasteiger charge is -2.00. The number of hydrogen-bond acceptors (Lipinski definition) is 3. The molecule has 24 heavy (non-hydrogen) atoms. The highest BCUT2D eigenvalue weighted by Gasteiger charge is 2.11. The second kappa shape index (κ2) is 7.03. The third-order valence-corrected chi connectivity index (χ3v) is 4.20. The average molecular weight is 361 g/mol. The lowest BCUT2D eigenvalue weighted by molar-refractivity contribution is 0.658. The van der Waals surface area contributed by atoms with E-state index in [9.17, 15) is 4.79 Å². The van der Waals surface area contributed by atoms with E-state index in [1.807, 2.05) is 30.3 Å². The highest BCUT2D eigenvalue weighted by molar-refractivity contribution is 6.42. The number of nitrogens with one attached hydrogen (secondary N) is 1. The summed E-state index contributed by atoms with van der Waals surface area (Å²) in [6.07, 6.45) is 0. The molecule has 0 saturated heterocycles. The van der Waals surface area contributed by atoms with Crippen LogP contribution in [0.15, 0.2) is 63.6 Å². The maximum Gasteiger partial charge on any atom is 0.294 e. The molecular weight excluding hydrogens is 347 g/mol. The van der Waals surface area contributed by atoms with Gasteiger partial charge in [0.25, 0.3) is 5.56 Å². The predicted molar refractivity (Wildman–Crippen MR) is 96.0 cm³/mol. The molecule has 1 heterocycles. The molecule has 3 aromatic rings. The van der Waals surface area contributed by atoms with Crippen LogP contribution in [0.5, 0.6) is 0 Å². The smallest absolute Gasteiger partial charge is 0.294 e. The minimum absolute atomic E-state index is 0.222. The Balaban J connectivity index is 1.87. The van der Waals surface area contributed by atoms with Crippen molar-refractivity contribution in [3.05, 3.63) is 80.2 Å². The predicted octanol–water partition coefficient (Wildman–Crippen LogP) is 5.26. The maximum atomic E-state index is 12.5. The highest BCUT2D eigenvalue weighted by Crippen LogP contribution is 2.27. The average Bonchev–Trinajstić information content (AvgIpc) is 2.83. The van der Waals surface area contributed by atoms with Crippen LogP contribution in [0.4, 0.5) is 11.4 Å². The first-order valence-electron chi connectivity index (χ1n) is 7.25. The van der Waals surface area contributed by atoms with E-state index in [-0.39, 0.29) is 11.2 Å². The van der Waals surface area contributed by atoms with Gasteiger partial charge in [-0.1, -0.05) is 53.5 Å². The summed E-state index contributed by atoms with van der Waals surface area (Å²) in [6.45, 7) is 2.23. The lowest BCUT2D eigenvalue weighted by Crippen LogP contribution is -2.17. The van der Waals surface area contributed by atoms with Crippen LogP contribution in [0.1, 0.15) is 11.3 Å². The fourth-order valence-electron chi connectivity index (χ4n) is 2.24. The Labute approximate surface area is 148 Å². The van der Waals surface area contributed by atoms with Gasteiger partial charge in [-0.25, -0.2) is 4.68 Å². The molecule has 0 bridgehead atoms. The number of aromatic nitrogens is 2. The molecule has 1 N–H and O–H groups in total. The molecule has 5 nitrogen and oxygen atoms in total. The van der Waals surface area contributed by atoms with Crippen LogP contribution in [-0.2, 0) is 6.54 Å². The number of H-pyrrole nitrogens is 1. The molecule has 1 aromatic heterocycles. The van der Waals surface area contributed by atoms with E-state index in [2.05, 4.69) is 15.3 Å². The summed E-state index contributed by atoms with van der Waals surface area (Å²) < 4.78 is 1.51. The molecule has 0 radical (unpaired) electrons. The Bertz CT molecular complexity index is 945. The number of azo groups is 1. The number of rotatable bonds is 4. The molecule has 0 atom stereocenters. The van der Waals surface area contributed by atoms with Crippen molar-refractivity contribution in [3.8, 4) is 0 Å². The maximum absolute atomic E-state index is 12.5. The van der Waals surface area contributed by atoms with E-state index in [1.165, 1.54) is 4.68 Å². The van der Waals surface area contributed by atoms with Crippen molar-refractivity contribution in [2.24, 2.45) is 10.2 Å². The lowest BCUT2D eigenvalue weighted by atomic mass is 10.2. The van der Waals surface area contributed by atoms with Crippen LogP contribution in [-0.4, -0.2) is 9.78 Å². The van der Waals surface area contributed by atoms with Crippen molar-refractivity contribution in [2.75, 3.05) is 0 Å². The zero-order valence-electron chi connectivity index (χ0n) is 12.8. The molecule has 3 rings (SSSR count). The van der Waals surface area contributed by atoms with E-state index in [0.29, 0.717) is 28.0 Å². The van der Waals surface area contributed by atoms with Crippen molar-refractivity contribution in [3.63, 3.8) is 0 Å². The SMILES string of the molecule is Cc1[nH]n(Cc2ccccc2)c(=O)c1N=Nc1ccc(Cl)c(Cl)c1. The van der Waals surface area contributed by atoms with Crippen molar-refractivity contribution >= 4 is 34.6 Å². The van der Waals surface area contributed by atoms with Gasteiger partial charge in [0.15, 0.2) is 5.69 Å². The first-order chi connectivity index (χ1) is 11.5. The Morgan fingerprint density at radius 1 is 1.04 bits per heavy atom. The Kier molecular flexibility index (Phi) is 4.83. The first kappa shape index (κ1) is 16.5. The van der Waals surface area contributed by atoms with Gasteiger partial charge >= 0.3 is 0 Å². The number of benzene rings is 2. The summed E-state index contributed by atoms with van der Waals surface area (Å²) in [4.78, 5) is 12.5. The van der Waals surface area contributed by atoms with E-state index < -0.39 is 0 Å². The van der Waals surface area contributed by atoms with Gasteiger partial charge in [0.05, 0.1) is 28.0 Å². The minimum atomic E-state index is -0.222. The van der Waals surface area contributed by atoms with Crippen molar-refractivity contribution in [1.29, 1.82) is 0 Å². The molecule has 0 fully saturated rings. The summed E-state index contributed by atoms with van der Waals surface area (Å²) in [5.41, 5.74) is 2.25. The number of aromatic amines is 1. The highest BCUT2D eigenvalue weighted by atomic mass is 35.5. The van der Waals surface area contributed by atoms with E-state index in [0.717, 1.165) is 5.56 Å². The Morgan fingerprint density at radius 3 is 2.50 bits per heavy atom. The van der Waals surface area contributed by atoms with Crippen molar-refractivity contribution in [1.82, 2.24) is 9.78 Å². The topological polar surface area (TPSA) is 62.5 Å². The zero-order valence-corrected chi connectivity index (χ0v) is 14.3. The zero-order chi connectivity index (χ0) is 17.1. The Morgan fingerprint density at radius 2 is 1.79 bits per heavy atom. The van der Waals surface area contributed by atoms with Crippen LogP contribution in [0, 0.1) is 6.92 Å². The summed E-state index contributed by atoms with van der Waals surface area (Å²) in [6, 6.07) is 14.6. The molecule has 2 aromatic carbocycles. The van der Waals surface area contributed by atoms with E-state index in [1.54, 1.807) is 25.1 Å². The Hall–Kier alpha value is -2.37. The molecule has 0 aliphatic carbocycles. The normalized spacial score (nSPS) is 11.3. The molecule has 0 spiro atoms. The molecule has 0 saturated carbocycles. The quantitative estimate of drug-likeness (QED) is 0.634. The second-order valence-electron chi connectivity index (χ2n) is 5.26. The summed E-state index contributed by atoms with van der Waals surface area (Å²) in [7, 11) is 0. The van der Waals surface area contributed by atoms with Gasteiger partial charge in [-0.2, -0.15) is 5.11 Å². The number of nitrogens with zero attached hydrogens (tertiary/aromatic N) is 3. The van der Waals surface area contributed by atoms with Crippen LogP contribution in [0.25, 0.3) is 0 Å². The fraction of sp³-hybridized carbons (Fsp3) is 0.118. The van der Waals surface area contributed by atoms with Crippen molar-refractivity contribution in [2.45, 2.75) is 13.5 Å². The number of hydrogen-bond donors (Lipinski definition) is 1. The van der Waals surface area contributed by atoms with Crippen LogP contribution in [0.2, 0.25) is 10.0 Å². The van der Waals surface area contributed by atoms with Gasteiger partial charge < -0.3 is 0 Å². The monoisotopic (exact) mass is 360 g/mol. The van der Waals surface area contributed by atoms with Crippen LogP contribution in [0.3, 0.4) is 0 Å². The molecule has 0 aliphatic rings. The largest absolute Gasteiger partial charge is 0.297 e. The third kappa shape index (κ3) is 3.58. The number of halogens is 2. The van der Waals surface area contributed by atoms with Crippen LogP contribution >= 0.6 is 23.2 Å². The fourth-order valence-corrected chi connectivity index (χ4v) is 2.54. The van der Waals surface area contributed by atoms with Gasteiger partial charge in [-0.3, -0.25) is 9.89 Å². The third-order valence-electron chi connectivity index (χ3n) is 3.46. The summed E-state index contributed by atoms with van der Waals surface area (Å²) in [5, 5.41) is 12.0. The summed E-state index contributed by atoms with van der Waals surface area (Å²) in [5.74, 6) is 0. The minimum Gasteiger partial charge on any atom is -0.297 e. The standard InChI is InChI=1S/C17H14Cl2N4O/c1-11-16(21-20-13-7-8-14(18)15(19)9-13)17(24)23(22-11)10-12-5-3-2-4-6-12/h2-9,22H,10H2,1H3. The van der Waals surface area contributed by atoms with E-state index in [4.69, 9.17) is 23.2 Å². The van der Waals surface area contributed by atoms with Gasteiger partial charge in [0.2, 0.25) is 0 Å². The molecule has 0 amide bonds. The molecule has 7 heteroatoms. The molecule has 122 valence electrons. The van der Waals surface area contributed by atoms with Gasteiger partial charge in [-0.15, -0.1) is 5.11 Å². The van der Waals surface area contributed by atoms with Gasteiger partial charge in [0, 0.05) is 0 Å². The van der Waals surface area contributed by atoms with Crippen molar-refractivity contribution < 1.29 is 0 Å². The number of aryl methyl sites for hydroxylation is 1. The molecule has 0 unspecified atom stereocenters. The second-order valence-corrected chi connectivity index (χ2v) is 6.08. The molecular formula is C17H14Cl2N4O. The van der Waals surface area contributed by atoms with Gasteiger partial charge in [0.1, 0.15) is 0 Å². The van der Waals surface area contributed by atoms with Gasteiger partial charge in [-0.05, 0) is 30.7 Å². The van der Waals surface area contributed by atoms with E-state index >= 15 is 0 Å². The molecule has 0 aliphatic heterocycles. The first-order valence-corrected chi connectivity index (χ1v) is 8.00. The summed E-state index contributed by atoms with van der Waals surface area (Å²) >= 11 is 11.8.